The van der Waals surface area contributed by atoms with Crippen molar-refractivity contribution in [1.82, 2.24) is 0 Å². The Bertz CT molecular complexity index is 467. The number of hydrogen-bond donors (Lipinski definition) is 2. The highest BCUT2D eigenvalue weighted by atomic mass is 16.4. The number of carboxylic acid groups (broad SMARTS) is 1. The van der Waals surface area contributed by atoms with E-state index in [0.29, 0.717) is 0 Å². The molecular formula is C23H38O3. The van der Waals surface area contributed by atoms with E-state index in [4.69, 9.17) is 5.11 Å². The van der Waals surface area contributed by atoms with Crippen LogP contribution in [-0.2, 0) is 0 Å². The Hall–Kier alpha value is -1.35. The van der Waals surface area contributed by atoms with Crippen molar-refractivity contribution in [1.29, 1.82) is 0 Å². The van der Waals surface area contributed by atoms with E-state index in [1.807, 2.05) is 0 Å². The van der Waals surface area contributed by atoms with Crippen LogP contribution in [0.5, 0.6) is 0 Å². The molecule has 0 saturated heterocycles. The van der Waals surface area contributed by atoms with E-state index in [-0.39, 0.29) is 5.56 Å². The number of hydrogen-bond acceptors (Lipinski definition) is 2. The molecule has 0 radical (unpaired) electrons. The van der Waals surface area contributed by atoms with Gasteiger partial charge in [-0.05, 0) is 24.1 Å². The van der Waals surface area contributed by atoms with Gasteiger partial charge in [0.2, 0.25) is 0 Å². The second kappa shape index (κ2) is 14.8. The number of unbranched alkanes of at least 4 members (excludes halogenated alkanes) is 12. The molecular weight excluding hydrogens is 324 g/mol. The minimum absolute atomic E-state index is 0.266. The lowest BCUT2D eigenvalue weighted by Gasteiger charge is -2.11. The van der Waals surface area contributed by atoms with Gasteiger partial charge in [-0.1, -0.05) is 103 Å². The highest BCUT2D eigenvalue weighted by Gasteiger charge is 2.08. The maximum atomic E-state index is 10.8. The third-order valence-corrected chi connectivity index (χ3v) is 5.12. The summed E-state index contributed by atoms with van der Waals surface area (Å²) in [5.41, 5.74) is 1.08. The van der Waals surface area contributed by atoms with Crippen molar-refractivity contribution in [2.24, 2.45) is 0 Å². The first kappa shape index (κ1) is 22.7. The highest BCUT2D eigenvalue weighted by Crippen LogP contribution is 2.21. The fraction of sp³-hybridized carbons (Fsp3) is 0.696. The van der Waals surface area contributed by atoms with Crippen molar-refractivity contribution >= 4 is 5.97 Å². The Labute approximate surface area is 159 Å². The van der Waals surface area contributed by atoms with E-state index in [1.165, 1.54) is 77.0 Å². The Morgan fingerprint density at radius 3 is 1.62 bits per heavy atom. The van der Waals surface area contributed by atoms with Gasteiger partial charge in [0.1, 0.15) is 0 Å². The Kier molecular flexibility index (Phi) is 12.9. The van der Waals surface area contributed by atoms with Gasteiger partial charge in [0.05, 0.1) is 11.7 Å². The Morgan fingerprint density at radius 1 is 0.769 bits per heavy atom. The summed E-state index contributed by atoms with van der Waals surface area (Å²) in [6.07, 6.45) is 17.5. The van der Waals surface area contributed by atoms with E-state index in [9.17, 15) is 9.90 Å². The summed E-state index contributed by atoms with van der Waals surface area (Å²) in [5, 5.41) is 19.1. The van der Waals surface area contributed by atoms with Crippen LogP contribution >= 0.6 is 0 Å². The van der Waals surface area contributed by atoms with E-state index < -0.39 is 12.1 Å². The molecule has 1 rings (SSSR count). The van der Waals surface area contributed by atoms with Gasteiger partial charge < -0.3 is 10.2 Å². The summed E-state index contributed by atoms with van der Waals surface area (Å²) in [7, 11) is 0. The molecule has 0 aliphatic rings. The number of carbonyl (C=O) groups is 1. The van der Waals surface area contributed by atoms with Gasteiger partial charge in [-0.2, -0.15) is 0 Å². The zero-order valence-electron chi connectivity index (χ0n) is 16.6. The first-order valence-electron chi connectivity index (χ1n) is 10.7. The zero-order chi connectivity index (χ0) is 19.0. The average molecular weight is 363 g/mol. The second-order valence-corrected chi connectivity index (χ2v) is 7.47. The summed E-state index contributed by atoms with van der Waals surface area (Å²) < 4.78 is 0. The molecule has 1 aromatic rings. The molecule has 3 nitrogen and oxygen atoms in total. The maximum Gasteiger partial charge on any atom is 0.335 e. The fourth-order valence-electron chi connectivity index (χ4n) is 3.37. The maximum absolute atomic E-state index is 10.8. The van der Waals surface area contributed by atoms with Gasteiger partial charge >= 0.3 is 5.97 Å². The highest BCUT2D eigenvalue weighted by molar-refractivity contribution is 5.87. The summed E-state index contributed by atoms with van der Waals surface area (Å²) in [4.78, 5) is 10.8. The smallest absolute Gasteiger partial charge is 0.335 e. The molecule has 0 saturated carbocycles. The number of aliphatic hydroxyl groups excluding tert-OH is 1. The van der Waals surface area contributed by atoms with Gasteiger partial charge in [0.15, 0.2) is 0 Å². The van der Waals surface area contributed by atoms with Crippen LogP contribution in [0, 0.1) is 0 Å². The van der Waals surface area contributed by atoms with Gasteiger partial charge in [0, 0.05) is 0 Å². The molecule has 26 heavy (non-hydrogen) atoms. The molecule has 148 valence electrons. The second-order valence-electron chi connectivity index (χ2n) is 7.47. The average Bonchev–Trinajstić information content (AvgIpc) is 2.65. The number of aromatic carboxylic acids is 1. The van der Waals surface area contributed by atoms with Crippen LogP contribution in [0.2, 0.25) is 0 Å². The minimum Gasteiger partial charge on any atom is -0.478 e. The third-order valence-electron chi connectivity index (χ3n) is 5.12. The molecule has 0 fully saturated rings. The van der Waals surface area contributed by atoms with E-state index in [1.54, 1.807) is 24.3 Å². The van der Waals surface area contributed by atoms with Crippen LogP contribution in [0.15, 0.2) is 24.3 Å². The van der Waals surface area contributed by atoms with Crippen LogP contribution in [0.3, 0.4) is 0 Å². The lowest BCUT2D eigenvalue weighted by Crippen LogP contribution is -2.00. The van der Waals surface area contributed by atoms with E-state index >= 15 is 0 Å². The number of rotatable bonds is 16. The van der Waals surface area contributed by atoms with Crippen LogP contribution in [-0.4, -0.2) is 16.2 Å². The standard InChI is InChI=1S/C23H38O3/c1-2-3-4-5-6-7-8-9-10-11-12-13-14-15-22(24)20-16-18-21(19-17-20)23(25)26/h16-19,22,24H,2-15H2,1H3,(H,25,26). The summed E-state index contributed by atoms with van der Waals surface area (Å²) >= 11 is 0. The van der Waals surface area contributed by atoms with Gasteiger partial charge in [-0.3, -0.25) is 0 Å². The molecule has 3 heteroatoms. The molecule has 0 spiro atoms. The van der Waals surface area contributed by atoms with Gasteiger partial charge in [-0.15, -0.1) is 0 Å². The fourth-order valence-corrected chi connectivity index (χ4v) is 3.37. The monoisotopic (exact) mass is 362 g/mol. The molecule has 0 amide bonds. The molecule has 0 aliphatic heterocycles. The molecule has 0 aliphatic carbocycles. The summed E-state index contributed by atoms with van der Waals surface area (Å²) in [5.74, 6) is -0.928. The van der Waals surface area contributed by atoms with Crippen LogP contribution in [0.25, 0.3) is 0 Å². The van der Waals surface area contributed by atoms with Gasteiger partial charge in [-0.25, -0.2) is 4.79 Å². The predicted molar refractivity (Wildman–Crippen MR) is 109 cm³/mol. The number of benzene rings is 1. The number of aliphatic hydroxyl groups is 1. The van der Waals surface area contributed by atoms with Crippen molar-refractivity contribution in [3.05, 3.63) is 35.4 Å². The summed E-state index contributed by atoms with van der Waals surface area (Å²) in [6, 6.07) is 6.56. The normalized spacial score (nSPS) is 12.2. The topological polar surface area (TPSA) is 57.5 Å². The van der Waals surface area contributed by atoms with E-state index in [0.717, 1.165) is 18.4 Å². The zero-order valence-corrected chi connectivity index (χ0v) is 16.6. The van der Waals surface area contributed by atoms with Crippen molar-refractivity contribution in [3.63, 3.8) is 0 Å². The van der Waals surface area contributed by atoms with Crippen molar-refractivity contribution in [3.8, 4) is 0 Å². The quantitative estimate of drug-likeness (QED) is 0.314. The predicted octanol–water partition coefficient (Wildman–Crippen LogP) is 6.90. The molecule has 1 unspecified atom stereocenters. The van der Waals surface area contributed by atoms with Gasteiger partial charge in [0.25, 0.3) is 0 Å². The van der Waals surface area contributed by atoms with E-state index in [2.05, 4.69) is 6.92 Å². The van der Waals surface area contributed by atoms with Crippen LogP contribution < -0.4 is 0 Å². The lowest BCUT2D eigenvalue weighted by atomic mass is 10.0. The third kappa shape index (κ3) is 10.6. The van der Waals surface area contributed by atoms with Crippen molar-refractivity contribution in [2.75, 3.05) is 0 Å². The van der Waals surface area contributed by atoms with Crippen molar-refractivity contribution in [2.45, 2.75) is 103 Å². The minimum atomic E-state index is -0.928. The molecule has 1 aromatic carbocycles. The van der Waals surface area contributed by atoms with Crippen LogP contribution in [0.1, 0.15) is 119 Å². The molecule has 1 atom stereocenters. The molecule has 0 aromatic heterocycles. The Balaban J connectivity index is 1.94. The number of carboxylic acids is 1. The van der Waals surface area contributed by atoms with Crippen molar-refractivity contribution < 1.29 is 15.0 Å². The first-order valence-corrected chi connectivity index (χ1v) is 10.7. The first-order chi connectivity index (χ1) is 12.6. The molecule has 0 heterocycles. The SMILES string of the molecule is CCCCCCCCCCCCCCCC(O)c1ccc(C(=O)O)cc1. The summed E-state index contributed by atoms with van der Waals surface area (Å²) in [6.45, 7) is 2.26. The Morgan fingerprint density at radius 2 is 1.19 bits per heavy atom. The molecule has 2 N–H and O–H groups in total. The largest absolute Gasteiger partial charge is 0.478 e. The lowest BCUT2D eigenvalue weighted by molar-refractivity contribution is 0.0696. The molecule has 0 bridgehead atoms. The van der Waals surface area contributed by atoms with Crippen LogP contribution in [0.4, 0.5) is 0 Å².